The second-order valence-corrected chi connectivity index (χ2v) is 8.09. The minimum atomic E-state index is -2.86. The highest BCUT2D eigenvalue weighted by molar-refractivity contribution is 14.0. The van der Waals surface area contributed by atoms with Crippen molar-refractivity contribution in [2.75, 3.05) is 20.1 Å². The van der Waals surface area contributed by atoms with Gasteiger partial charge in [0.05, 0.1) is 6.10 Å². The van der Waals surface area contributed by atoms with E-state index >= 15 is 0 Å². The predicted molar refractivity (Wildman–Crippen MR) is 137 cm³/mol. The fraction of sp³-hybridized carbons (Fsp3) is 0.458. The molecule has 1 saturated heterocycles. The molecule has 1 aliphatic rings. The fourth-order valence-corrected chi connectivity index (χ4v) is 3.74. The monoisotopic (exact) mass is 574 g/mol. The molecular formula is C24H33F2IN4O2. The van der Waals surface area contributed by atoms with Crippen LogP contribution in [0.3, 0.4) is 0 Å². The standard InChI is InChI=1S/C24H32F2N4O2.HI/c1-17-3-8-22(32-23(25)26)20(13-17)15-29-24(27-2)28-14-18-4-6-19(7-5-18)16-30-11-9-21(31)10-12-30;/h3-8,13,21,23,31H,9-12,14-16H2,1-2H3,(H2,27,28,29);1H. The van der Waals surface area contributed by atoms with E-state index in [0.717, 1.165) is 43.6 Å². The normalized spacial score (nSPS) is 15.3. The molecular weight excluding hydrogens is 541 g/mol. The number of piperidine rings is 1. The van der Waals surface area contributed by atoms with Crippen LogP contribution in [0.25, 0.3) is 0 Å². The van der Waals surface area contributed by atoms with Crippen molar-refractivity contribution in [1.82, 2.24) is 15.5 Å². The number of benzene rings is 2. The number of rotatable bonds is 8. The molecule has 0 aliphatic carbocycles. The van der Waals surface area contributed by atoms with Crippen LogP contribution in [0.4, 0.5) is 8.78 Å². The van der Waals surface area contributed by atoms with Gasteiger partial charge in [0.2, 0.25) is 0 Å². The van der Waals surface area contributed by atoms with Crippen LogP contribution in [0.2, 0.25) is 0 Å². The maximum absolute atomic E-state index is 12.7. The number of guanidine groups is 1. The van der Waals surface area contributed by atoms with Crippen LogP contribution in [0.5, 0.6) is 5.75 Å². The SMILES string of the molecule is CN=C(NCc1ccc(CN2CCC(O)CC2)cc1)NCc1cc(C)ccc1OC(F)F.I. The molecule has 1 aliphatic heterocycles. The molecule has 3 rings (SSSR count). The third-order valence-electron chi connectivity index (χ3n) is 5.55. The Morgan fingerprint density at radius 2 is 1.73 bits per heavy atom. The zero-order chi connectivity index (χ0) is 22.9. The van der Waals surface area contributed by atoms with Gasteiger partial charge in [0.15, 0.2) is 5.96 Å². The summed E-state index contributed by atoms with van der Waals surface area (Å²) in [5.74, 6) is 0.734. The van der Waals surface area contributed by atoms with Gasteiger partial charge in [-0.05, 0) is 37.0 Å². The van der Waals surface area contributed by atoms with Gasteiger partial charge in [-0.15, -0.1) is 24.0 Å². The van der Waals surface area contributed by atoms with Gasteiger partial charge in [-0.3, -0.25) is 9.89 Å². The average Bonchev–Trinajstić information content (AvgIpc) is 2.78. The van der Waals surface area contributed by atoms with Crippen LogP contribution in [0.1, 0.15) is 35.1 Å². The number of alkyl halides is 2. The van der Waals surface area contributed by atoms with Crippen molar-refractivity contribution in [2.24, 2.45) is 4.99 Å². The summed E-state index contributed by atoms with van der Waals surface area (Å²) in [5.41, 5.74) is 3.97. The van der Waals surface area contributed by atoms with Crippen molar-refractivity contribution in [3.05, 3.63) is 64.7 Å². The second kappa shape index (κ2) is 13.7. The van der Waals surface area contributed by atoms with Gasteiger partial charge in [0, 0.05) is 45.3 Å². The highest BCUT2D eigenvalue weighted by atomic mass is 127. The molecule has 0 unspecified atom stereocenters. The Labute approximate surface area is 211 Å². The summed E-state index contributed by atoms with van der Waals surface area (Å²) in [6.45, 7) is 2.69. The molecule has 1 fully saturated rings. The Bertz CT molecular complexity index is 889. The van der Waals surface area contributed by atoms with Crippen molar-refractivity contribution in [1.29, 1.82) is 0 Å². The minimum absolute atomic E-state index is 0. The van der Waals surface area contributed by atoms with Gasteiger partial charge in [0.1, 0.15) is 5.75 Å². The first-order valence-corrected chi connectivity index (χ1v) is 10.9. The number of hydrogen-bond donors (Lipinski definition) is 3. The van der Waals surface area contributed by atoms with Gasteiger partial charge >= 0.3 is 6.61 Å². The van der Waals surface area contributed by atoms with Crippen molar-refractivity contribution >= 4 is 29.9 Å². The second-order valence-electron chi connectivity index (χ2n) is 8.09. The van der Waals surface area contributed by atoms with E-state index in [0.29, 0.717) is 24.6 Å². The number of aliphatic hydroxyl groups excluding tert-OH is 1. The van der Waals surface area contributed by atoms with E-state index in [9.17, 15) is 13.9 Å². The molecule has 0 saturated carbocycles. The van der Waals surface area contributed by atoms with Gasteiger partial charge in [-0.2, -0.15) is 8.78 Å². The van der Waals surface area contributed by atoms with E-state index in [2.05, 4.69) is 49.5 Å². The number of ether oxygens (including phenoxy) is 1. The largest absolute Gasteiger partial charge is 0.434 e. The summed E-state index contributed by atoms with van der Waals surface area (Å²) in [6.07, 6.45) is 1.52. The van der Waals surface area contributed by atoms with Crippen LogP contribution in [0.15, 0.2) is 47.5 Å². The van der Waals surface area contributed by atoms with E-state index < -0.39 is 6.61 Å². The molecule has 2 aromatic carbocycles. The Balaban J connectivity index is 0.00000385. The van der Waals surface area contributed by atoms with Gasteiger partial charge < -0.3 is 20.5 Å². The molecule has 0 radical (unpaired) electrons. The highest BCUT2D eigenvalue weighted by Crippen LogP contribution is 2.22. The van der Waals surface area contributed by atoms with Crippen molar-refractivity contribution < 1.29 is 18.6 Å². The van der Waals surface area contributed by atoms with Crippen molar-refractivity contribution in [3.8, 4) is 5.75 Å². The third-order valence-corrected chi connectivity index (χ3v) is 5.55. The molecule has 9 heteroatoms. The first-order valence-electron chi connectivity index (χ1n) is 10.9. The number of halogens is 3. The summed E-state index contributed by atoms with van der Waals surface area (Å²) in [4.78, 5) is 6.57. The quantitative estimate of drug-likeness (QED) is 0.253. The number of likely N-dealkylation sites (tertiary alicyclic amines) is 1. The molecule has 6 nitrogen and oxygen atoms in total. The molecule has 0 spiro atoms. The van der Waals surface area contributed by atoms with E-state index in [1.165, 1.54) is 5.56 Å². The van der Waals surface area contributed by atoms with E-state index in [1.807, 2.05) is 13.0 Å². The smallest absolute Gasteiger partial charge is 0.387 e. The summed E-state index contributed by atoms with van der Waals surface area (Å²) < 4.78 is 29.9. The number of aliphatic hydroxyl groups is 1. The fourth-order valence-electron chi connectivity index (χ4n) is 3.74. The molecule has 0 atom stereocenters. The van der Waals surface area contributed by atoms with E-state index in [1.54, 1.807) is 19.2 Å². The third kappa shape index (κ3) is 9.05. The summed E-state index contributed by atoms with van der Waals surface area (Å²) in [5, 5.41) is 16.0. The van der Waals surface area contributed by atoms with Crippen LogP contribution < -0.4 is 15.4 Å². The molecule has 0 bridgehead atoms. The zero-order valence-corrected chi connectivity index (χ0v) is 21.4. The molecule has 3 N–H and O–H groups in total. The lowest BCUT2D eigenvalue weighted by atomic mass is 10.1. The molecule has 1 heterocycles. The Morgan fingerprint density at radius 3 is 2.36 bits per heavy atom. The minimum Gasteiger partial charge on any atom is -0.434 e. The van der Waals surface area contributed by atoms with E-state index in [4.69, 9.17) is 0 Å². The lowest BCUT2D eigenvalue weighted by molar-refractivity contribution is -0.0504. The number of nitrogens with one attached hydrogen (secondary N) is 2. The average molecular weight is 574 g/mol. The number of hydrogen-bond acceptors (Lipinski definition) is 4. The zero-order valence-electron chi connectivity index (χ0n) is 19.1. The molecule has 182 valence electrons. The first kappa shape index (κ1) is 27.3. The molecule has 33 heavy (non-hydrogen) atoms. The van der Waals surface area contributed by atoms with Crippen molar-refractivity contribution in [3.63, 3.8) is 0 Å². The highest BCUT2D eigenvalue weighted by Gasteiger charge is 2.16. The molecule has 0 aromatic heterocycles. The van der Waals surface area contributed by atoms with Crippen LogP contribution in [-0.2, 0) is 19.6 Å². The lowest BCUT2D eigenvalue weighted by Gasteiger charge is -2.29. The van der Waals surface area contributed by atoms with Crippen LogP contribution in [0, 0.1) is 6.92 Å². The van der Waals surface area contributed by atoms with Crippen LogP contribution in [-0.4, -0.2) is 48.8 Å². The number of aliphatic imine (C=N–C) groups is 1. The topological polar surface area (TPSA) is 69.1 Å². The summed E-state index contributed by atoms with van der Waals surface area (Å²) in [7, 11) is 1.67. The first-order chi connectivity index (χ1) is 15.4. The van der Waals surface area contributed by atoms with Gasteiger partial charge in [-0.25, -0.2) is 0 Å². The Morgan fingerprint density at radius 1 is 1.09 bits per heavy atom. The summed E-state index contributed by atoms with van der Waals surface area (Å²) in [6, 6.07) is 13.5. The van der Waals surface area contributed by atoms with Crippen molar-refractivity contribution in [2.45, 2.75) is 52.1 Å². The Kier molecular flexibility index (Phi) is 11.3. The maximum atomic E-state index is 12.7. The van der Waals surface area contributed by atoms with Gasteiger partial charge in [-0.1, -0.05) is 42.0 Å². The maximum Gasteiger partial charge on any atom is 0.387 e. The summed E-state index contributed by atoms with van der Waals surface area (Å²) >= 11 is 0. The lowest BCUT2D eigenvalue weighted by Crippen LogP contribution is -2.36. The Hall–Kier alpha value is -1.98. The number of aryl methyl sites for hydroxylation is 1. The van der Waals surface area contributed by atoms with E-state index in [-0.39, 0.29) is 35.8 Å². The molecule has 2 aromatic rings. The van der Waals surface area contributed by atoms with Gasteiger partial charge in [0.25, 0.3) is 0 Å². The predicted octanol–water partition coefficient (Wildman–Crippen LogP) is 4.04. The molecule has 0 amide bonds. The van der Waals surface area contributed by atoms with Crippen LogP contribution >= 0.6 is 24.0 Å². The number of nitrogens with zero attached hydrogens (tertiary/aromatic N) is 2.